The van der Waals surface area contributed by atoms with Crippen molar-refractivity contribution in [3.05, 3.63) is 99.6 Å². The van der Waals surface area contributed by atoms with Gasteiger partial charge >= 0.3 is 0 Å². The number of allylic oxidation sites excluding steroid dienone is 2. The SMILES string of the molecule is C=CCc1cc(/C=C(/C#N)c2nc3ccc(F)cc3[nH]2)cc(OC)c1OCc1ccc(Cl)cc1Cl. The quantitative estimate of drug-likeness (QED) is 0.199. The third kappa shape index (κ3) is 5.48. The van der Waals surface area contributed by atoms with Crippen molar-refractivity contribution < 1.29 is 13.9 Å². The van der Waals surface area contributed by atoms with Crippen molar-refractivity contribution in [3.8, 4) is 17.6 Å². The molecule has 0 aliphatic carbocycles. The summed E-state index contributed by atoms with van der Waals surface area (Å²) in [6.07, 6.45) is 3.94. The minimum Gasteiger partial charge on any atom is -0.493 e. The van der Waals surface area contributed by atoms with E-state index in [0.717, 1.165) is 11.1 Å². The third-order valence-corrected chi connectivity index (χ3v) is 5.84. The molecule has 0 radical (unpaired) electrons. The van der Waals surface area contributed by atoms with Gasteiger partial charge in [0, 0.05) is 21.2 Å². The van der Waals surface area contributed by atoms with Crippen LogP contribution in [0, 0.1) is 17.1 Å². The summed E-state index contributed by atoms with van der Waals surface area (Å²) in [7, 11) is 1.54. The van der Waals surface area contributed by atoms with Gasteiger partial charge in [0.05, 0.1) is 23.7 Å². The Bertz CT molecular complexity index is 1490. The first-order chi connectivity index (χ1) is 16.9. The molecule has 3 aromatic carbocycles. The Balaban J connectivity index is 1.70. The van der Waals surface area contributed by atoms with E-state index in [9.17, 15) is 9.65 Å². The van der Waals surface area contributed by atoms with Crippen molar-refractivity contribution in [1.82, 2.24) is 9.97 Å². The highest BCUT2D eigenvalue weighted by molar-refractivity contribution is 6.35. The average molecular weight is 508 g/mol. The second-order valence-electron chi connectivity index (χ2n) is 7.65. The predicted molar refractivity (Wildman–Crippen MR) is 137 cm³/mol. The number of H-pyrrole nitrogens is 1. The van der Waals surface area contributed by atoms with E-state index < -0.39 is 0 Å². The number of aromatic nitrogens is 2. The van der Waals surface area contributed by atoms with Crippen molar-refractivity contribution in [1.29, 1.82) is 5.26 Å². The number of ether oxygens (including phenoxy) is 2. The van der Waals surface area contributed by atoms with Gasteiger partial charge in [-0.2, -0.15) is 5.26 Å². The Labute approximate surface area is 212 Å². The van der Waals surface area contributed by atoms with Crippen molar-refractivity contribution in [2.24, 2.45) is 0 Å². The van der Waals surface area contributed by atoms with Crippen LogP contribution in [-0.2, 0) is 13.0 Å². The lowest BCUT2D eigenvalue weighted by Crippen LogP contribution is -2.02. The molecule has 1 N–H and O–H groups in total. The first-order valence-corrected chi connectivity index (χ1v) is 11.3. The van der Waals surface area contributed by atoms with E-state index in [0.29, 0.717) is 50.4 Å². The number of halogens is 3. The molecule has 4 aromatic rings. The standard InChI is InChI=1S/C27H20Cl2FN3O2/c1-3-4-17-9-16(10-19(14-31)27-32-23-8-7-21(30)13-24(23)33-27)11-25(34-2)26(17)35-15-18-5-6-20(28)12-22(18)29/h3,5-13H,1,4,15H2,2H3,(H,32,33)/b19-10-. The molecule has 35 heavy (non-hydrogen) atoms. The number of hydrogen-bond acceptors (Lipinski definition) is 4. The van der Waals surface area contributed by atoms with Crippen LogP contribution in [0.25, 0.3) is 22.7 Å². The third-order valence-electron chi connectivity index (χ3n) is 5.26. The second-order valence-corrected chi connectivity index (χ2v) is 8.49. The molecule has 1 heterocycles. The van der Waals surface area contributed by atoms with Crippen LogP contribution in [0.4, 0.5) is 4.39 Å². The van der Waals surface area contributed by atoms with Crippen LogP contribution in [0.1, 0.15) is 22.5 Å². The molecular formula is C27H20Cl2FN3O2. The lowest BCUT2D eigenvalue weighted by Gasteiger charge is -2.16. The molecular weight excluding hydrogens is 488 g/mol. The van der Waals surface area contributed by atoms with Gasteiger partial charge in [-0.05, 0) is 60.5 Å². The number of hydrogen-bond donors (Lipinski definition) is 1. The summed E-state index contributed by atoms with van der Waals surface area (Å²) in [5.41, 5.74) is 3.67. The van der Waals surface area contributed by atoms with Crippen LogP contribution < -0.4 is 9.47 Å². The van der Waals surface area contributed by atoms with Gasteiger partial charge in [-0.15, -0.1) is 6.58 Å². The molecule has 176 valence electrons. The van der Waals surface area contributed by atoms with Gasteiger partial charge in [0.1, 0.15) is 24.3 Å². The first-order valence-electron chi connectivity index (χ1n) is 10.6. The number of aromatic amines is 1. The number of nitrogens with zero attached hydrogens (tertiary/aromatic N) is 2. The van der Waals surface area contributed by atoms with Crippen molar-refractivity contribution in [2.75, 3.05) is 7.11 Å². The van der Waals surface area contributed by atoms with E-state index in [1.807, 2.05) is 6.07 Å². The number of methoxy groups -OCH3 is 1. The fraction of sp³-hybridized carbons (Fsp3) is 0.111. The average Bonchev–Trinajstić information content (AvgIpc) is 3.25. The van der Waals surface area contributed by atoms with E-state index in [4.69, 9.17) is 32.7 Å². The molecule has 0 unspecified atom stereocenters. The highest BCUT2D eigenvalue weighted by Crippen LogP contribution is 2.36. The molecule has 0 aliphatic rings. The van der Waals surface area contributed by atoms with Crippen molar-refractivity contribution >= 4 is 45.9 Å². The summed E-state index contributed by atoms with van der Waals surface area (Å²) >= 11 is 12.3. The highest BCUT2D eigenvalue weighted by atomic mass is 35.5. The first kappa shape index (κ1) is 24.3. The van der Waals surface area contributed by atoms with Gasteiger partial charge < -0.3 is 14.5 Å². The smallest absolute Gasteiger partial charge is 0.165 e. The maximum absolute atomic E-state index is 13.6. The molecule has 0 aliphatic heterocycles. The molecule has 0 bridgehead atoms. The molecule has 0 spiro atoms. The molecule has 0 fully saturated rings. The number of fused-ring (bicyclic) bond motifs is 1. The summed E-state index contributed by atoms with van der Waals surface area (Å²) in [4.78, 5) is 7.41. The van der Waals surface area contributed by atoms with Crippen LogP contribution in [0.5, 0.6) is 11.5 Å². The van der Waals surface area contributed by atoms with Crippen LogP contribution in [-0.4, -0.2) is 17.1 Å². The van der Waals surface area contributed by atoms with Gasteiger partial charge in [0.2, 0.25) is 0 Å². The molecule has 4 rings (SSSR count). The normalized spacial score (nSPS) is 11.3. The van der Waals surface area contributed by atoms with Crippen LogP contribution in [0.2, 0.25) is 10.0 Å². The zero-order valence-electron chi connectivity index (χ0n) is 18.7. The van der Waals surface area contributed by atoms with Gasteiger partial charge in [-0.3, -0.25) is 0 Å². The number of nitrogens with one attached hydrogen (secondary N) is 1. The Hall–Kier alpha value is -3.79. The minimum absolute atomic E-state index is 0.213. The highest BCUT2D eigenvalue weighted by Gasteiger charge is 2.15. The number of imidazole rings is 1. The molecule has 5 nitrogen and oxygen atoms in total. The topological polar surface area (TPSA) is 70.9 Å². The van der Waals surface area contributed by atoms with Crippen LogP contribution in [0.3, 0.4) is 0 Å². The fourth-order valence-corrected chi connectivity index (χ4v) is 4.07. The summed E-state index contributed by atoms with van der Waals surface area (Å²) in [5.74, 6) is 0.998. The fourth-order valence-electron chi connectivity index (χ4n) is 3.61. The zero-order chi connectivity index (χ0) is 24.9. The number of rotatable bonds is 8. The Kier molecular flexibility index (Phi) is 7.40. The molecule has 1 aromatic heterocycles. The van der Waals surface area contributed by atoms with Crippen molar-refractivity contribution in [2.45, 2.75) is 13.0 Å². The van der Waals surface area contributed by atoms with E-state index in [-0.39, 0.29) is 18.0 Å². The van der Waals surface area contributed by atoms with E-state index >= 15 is 0 Å². The van der Waals surface area contributed by atoms with Crippen molar-refractivity contribution in [3.63, 3.8) is 0 Å². The summed E-state index contributed by atoms with van der Waals surface area (Å²) < 4.78 is 25.3. The second kappa shape index (κ2) is 10.6. The summed E-state index contributed by atoms with van der Waals surface area (Å²) in [5, 5.41) is 10.8. The van der Waals surface area contributed by atoms with Gasteiger partial charge in [-0.25, -0.2) is 9.37 Å². The van der Waals surface area contributed by atoms with Gasteiger partial charge in [0.25, 0.3) is 0 Å². The Morgan fingerprint density at radius 1 is 1.17 bits per heavy atom. The molecule has 0 atom stereocenters. The zero-order valence-corrected chi connectivity index (χ0v) is 20.3. The van der Waals surface area contributed by atoms with Crippen LogP contribution >= 0.6 is 23.2 Å². The molecule has 0 saturated heterocycles. The summed E-state index contributed by atoms with van der Waals surface area (Å²) in [6, 6.07) is 15.3. The Morgan fingerprint density at radius 2 is 2.00 bits per heavy atom. The predicted octanol–water partition coefficient (Wildman–Crippen LogP) is 7.39. The lowest BCUT2D eigenvalue weighted by molar-refractivity contribution is 0.282. The minimum atomic E-state index is -0.385. The number of nitriles is 1. The monoisotopic (exact) mass is 507 g/mol. The van der Waals surface area contributed by atoms with E-state index in [1.54, 1.807) is 49.6 Å². The molecule has 8 heteroatoms. The largest absolute Gasteiger partial charge is 0.493 e. The van der Waals surface area contributed by atoms with Gasteiger partial charge in [-0.1, -0.05) is 35.3 Å². The Morgan fingerprint density at radius 3 is 2.71 bits per heavy atom. The van der Waals surface area contributed by atoms with Gasteiger partial charge in [0.15, 0.2) is 11.5 Å². The summed E-state index contributed by atoms with van der Waals surface area (Å²) in [6.45, 7) is 4.05. The lowest BCUT2D eigenvalue weighted by atomic mass is 10.0. The maximum Gasteiger partial charge on any atom is 0.165 e. The van der Waals surface area contributed by atoms with Crippen LogP contribution in [0.15, 0.2) is 61.2 Å². The van der Waals surface area contributed by atoms with E-state index in [1.165, 1.54) is 12.1 Å². The van der Waals surface area contributed by atoms with E-state index in [2.05, 4.69) is 22.6 Å². The molecule has 0 saturated carbocycles. The molecule has 0 amide bonds. The number of benzene rings is 3. The maximum atomic E-state index is 13.6.